The topological polar surface area (TPSA) is 0 Å². The van der Waals surface area contributed by atoms with E-state index in [-0.39, 0.29) is 0 Å². The molecule has 0 N–H and O–H groups in total. The Morgan fingerprint density at radius 3 is 2.35 bits per heavy atom. The second kappa shape index (κ2) is 4.84. The third-order valence-electron chi connectivity index (χ3n) is 3.92. The monoisotopic (exact) mass is 230 g/mol. The van der Waals surface area contributed by atoms with Gasteiger partial charge in [0.15, 0.2) is 0 Å². The van der Waals surface area contributed by atoms with E-state index in [0.29, 0.717) is 5.41 Å². The summed E-state index contributed by atoms with van der Waals surface area (Å²) in [5, 5.41) is 0. The Balaban J connectivity index is 2.22. The van der Waals surface area contributed by atoms with Crippen LogP contribution in [-0.2, 0) is 6.42 Å². The van der Waals surface area contributed by atoms with Crippen molar-refractivity contribution in [1.29, 1.82) is 0 Å². The molecule has 0 bridgehead atoms. The van der Waals surface area contributed by atoms with Crippen molar-refractivity contribution in [3.05, 3.63) is 34.9 Å². The Bertz CT molecular complexity index is 376. The van der Waals surface area contributed by atoms with E-state index >= 15 is 0 Å². The molecule has 0 atom stereocenters. The normalized spacial score (nSPS) is 17.6. The summed E-state index contributed by atoms with van der Waals surface area (Å²) in [5.74, 6) is 0.842. The van der Waals surface area contributed by atoms with E-state index in [4.69, 9.17) is 0 Å². The molecule has 2 rings (SSSR count). The van der Waals surface area contributed by atoms with Gasteiger partial charge in [-0.3, -0.25) is 0 Å². The summed E-state index contributed by atoms with van der Waals surface area (Å²) in [7, 11) is 0. The zero-order chi connectivity index (χ0) is 12.5. The zero-order valence-corrected chi connectivity index (χ0v) is 11.8. The minimum atomic E-state index is 0.388. The Labute approximate surface area is 106 Å². The minimum Gasteiger partial charge on any atom is -0.0599 e. The molecule has 17 heavy (non-hydrogen) atoms. The molecule has 0 spiro atoms. The lowest BCUT2D eigenvalue weighted by Gasteiger charge is -2.21. The largest absolute Gasteiger partial charge is 0.0599 e. The molecular formula is C17H26. The van der Waals surface area contributed by atoms with Gasteiger partial charge in [0, 0.05) is 0 Å². The van der Waals surface area contributed by atoms with Gasteiger partial charge in [-0.2, -0.15) is 0 Å². The highest BCUT2D eigenvalue weighted by molar-refractivity contribution is 5.34. The fourth-order valence-electron chi connectivity index (χ4n) is 2.97. The lowest BCUT2D eigenvalue weighted by molar-refractivity contribution is 0.410. The molecule has 0 amide bonds. The van der Waals surface area contributed by atoms with Crippen molar-refractivity contribution >= 4 is 0 Å². The van der Waals surface area contributed by atoms with Crippen LogP contribution in [0.5, 0.6) is 0 Å². The molecule has 1 fully saturated rings. The van der Waals surface area contributed by atoms with E-state index in [2.05, 4.69) is 45.9 Å². The van der Waals surface area contributed by atoms with Crippen molar-refractivity contribution in [1.82, 2.24) is 0 Å². The summed E-state index contributed by atoms with van der Waals surface area (Å²) < 4.78 is 0. The molecule has 0 radical (unpaired) electrons. The molecule has 94 valence electrons. The molecule has 0 unspecified atom stereocenters. The Kier molecular flexibility index (Phi) is 3.61. The highest BCUT2D eigenvalue weighted by Gasteiger charge is 2.19. The summed E-state index contributed by atoms with van der Waals surface area (Å²) in [5.41, 5.74) is 5.00. The van der Waals surface area contributed by atoms with Crippen LogP contribution < -0.4 is 0 Å². The Morgan fingerprint density at radius 2 is 1.76 bits per heavy atom. The second-order valence-corrected chi connectivity index (χ2v) is 6.90. The predicted octanol–water partition coefficient (Wildman–Crippen LogP) is 5.24. The average molecular weight is 230 g/mol. The molecule has 0 heteroatoms. The maximum Gasteiger partial charge on any atom is -0.0162 e. The van der Waals surface area contributed by atoms with E-state index in [1.165, 1.54) is 37.7 Å². The number of rotatable bonds is 2. The summed E-state index contributed by atoms with van der Waals surface area (Å²) >= 11 is 0. The maximum absolute atomic E-state index is 2.48. The Morgan fingerprint density at radius 1 is 1.12 bits per heavy atom. The molecule has 1 aliphatic rings. The summed E-state index contributed by atoms with van der Waals surface area (Å²) in [4.78, 5) is 0. The number of hydrogen-bond donors (Lipinski definition) is 0. The van der Waals surface area contributed by atoms with Gasteiger partial charge in [-0.05, 0) is 54.2 Å². The van der Waals surface area contributed by atoms with Crippen LogP contribution in [-0.4, -0.2) is 0 Å². The molecule has 1 saturated carbocycles. The molecule has 0 nitrogen and oxygen atoms in total. The molecule has 0 aromatic heterocycles. The quantitative estimate of drug-likeness (QED) is 0.651. The first-order valence-electron chi connectivity index (χ1n) is 7.05. The highest BCUT2D eigenvalue weighted by Crippen LogP contribution is 2.35. The average Bonchev–Trinajstić information content (AvgIpc) is 2.72. The number of aryl methyl sites for hydroxylation is 1. The lowest BCUT2D eigenvalue weighted by atomic mass is 9.84. The van der Waals surface area contributed by atoms with Crippen molar-refractivity contribution in [2.24, 2.45) is 5.41 Å². The predicted molar refractivity (Wildman–Crippen MR) is 75.5 cm³/mol. The van der Waals surface area contributed by atoms with Gasteiger partial charge in [-0.15, -0.1) is 0 Å². The van der Waals surface area contributed by atoms with Gasteiger partial charge in [0.1, 0.15) is 0 Å². The van der Waals surface area contributed by atoms with Crippen LogP contribution in [0.2, 0.25) is 0 Å². The van der Waals surface area contributed by atoms with Crippen LogP contribution >= 0.6 is 0 Å². The van der Waals surface area contributed by atoms with Crippen LogP contribution in [0.4, 0.5) is 0 Å². The highest BCUT2D eigenvalue weighted by atomic mass is 14.2. The fourth-order valence-corrected chi connectivity index (χ4v) is 2.97. The second-order valence-electron chi connectivity index (χ2n) is 6.90. The van der Waals surface area contributed by atoms with E-state index in [9.17, 15) is 0 Å². The van der Waals surface area contributed by atoms with Gasteiger partial charge in [0.2, 0.25) is 0 Å². The van der Waals surface area contributed by atoms with Crippen molar-refractivity contribution in [3.63, 3.8) is 0 Å². The van der Waals surface area contributed by atoms with Crippen LogP contribution in [0.3, 0.4) is 0 Å². The van der Waals surface area contributed by atoms with Gasteiger partial charge in [-0.25, -0.2) is 0 Å². The van der Waals surface area contributed by atoms with Gasteiger partial charge in [0.05, 0.1) is 0 Å². The Hall–Kier alpha value is -0.780. The molecule has 1 aromatic rings. The first-order chi connectivity index (χ1) is 7.96. The van der Waals surface area contributed by atoms with Crippen molar-refractivity contribution in [2.75, 3.05) is 0 Å². The molecule has 0 heterocycles. The van der Waals surface area contributed by atoms with Crippen LogP contribution in [0.15, 0.2) is 18.2 Å². The van der Waals surface area contributed by atoms with Crippen molar-refractivity contribution in [2.45, 2.75) is 65.7 Å². The van der Waals surface area contributed by atoms with Gasteiger partial charge >= 0.3 is 0 Å². The fraction of sp³-hybridized carbons (Fsp3) is 0.647. The maximum atomic E-state index is 2.48. The summed E-state index contributed by atoms with van der Waals surface area (Å²) in [6.45, 7) is 9.23. The third kappa shape index (κ3) is 3.34. The van der Waals surface area contributed by atoms with Crippen molar-refractivity contribution in [3.8, 4) is 0 Å². The summed E-state index contributed by atoms with van der Waals surface area (Å²) in [6.07, 6.45) is 6.84. The first kappa shape index (κ1) is 12.7. The zero-order valence-electron chi connectivity index (χ0n) is 11.8. The van der Waals surface area contributed by atoms with E-state index in [1.54, 1.807) is 11.1 Å². The van der Waals surface area contributed by atoms with E-state index in [0.717, 1.165) is 5.92 Å². The minimum absolute atomic E-state index is 0.388. The third-order valence-corrected chi connectivity index (χ3v) is 3.92. The number of hydrogen-bond acceptors (Lipinski definition) is 0. The van der Waals surface area contributed by atoms with Crippen LogP contribution in [0.1, 0.15) is 69.1 Å². The molecule has 0 saturated heterocycles. The summed E-state index contributed by atoms with van der Waals surface area (Å²) in [6, 6.07) is 7.17. The van der Waals surface area contributed by atoms with E-state index < -0.39 is 0 Å². The van der Waals surface area contributed by atoms with Gasteiger partial charge < -0.3 is 0 Å². The van der Waals surface area contributed by atoms with E-state index in [1.807, 2.05) is 0 Å². The SMILES string of the molecule is Cc1ccc(C2CCCC2)cc1CC(C)(C)C. The van der Waals surface area contributed by atoms with Crippen LogP contribution in [0.25, 0.3) is 0 Å². The molecule has 1 aliphatic carbocycles. The number of benzene rings is 1. The van der Waals surface area contributed by atoms with Gasteiger partial charge in [0.25, 0.3) is 0 Å². The van der Waals surface area contributed by atoms with Crippen molar-refractivity contribution < 1.29 is 0 Å². The standard InChI is InChI=1S/C17H26/c1-13-9-10-15(14-7-5-6-8-14)11-16(13)12-17(2,3)4/h9-11,14H,5-8,12H2,1-4H3. The van der Waals surface area contributed by atoms with Crippen LogP contribution in [0, 0.1) is 12.3 Å². The smallest absolute Gasteiger partial charge is 0.0162 e. The molecular weight excluding hydrogens is 204 g/mol. The molecule has 1 aromatic carbocycles. The van der Waals surface area contributed by atoms with Gasteiger partial charge in [-0.1, -0.05) is 51.8 Å². The molecule has 0 aliphatic heterocycles. The lowest BCUT2D eigenvalue weighted by Crippen LogP contribution is -2.10. The first-order valence-corrected chi connectivity index (χ1v) is 7.05.